The van der Waals surface area contributed by atoms with Crippen LogP contribution < -0.4 is 0 Å². The van der Waals surface area contributed by atoms with E-state index in [9.17, 15) is 71.5 Å². The van der Waals surface area contributed by atoms with Crippen molar-refractivity contribution in [3.8, 4) is 0 Å². The minimum absolute atomic E-state index is 0.126. The van der Waals surface area contributed by atoms with Gasteiger partial charge in [0.15, 0.2) is 18.9 Å². The SMILES string of the molecule is C[C@@H]1CC[C@]2(C(=O)O[C@@H]3O[C@H](CO[C@@H]4O[C@H](CO)[C@@H](O)[C@H](O)[C@H]4O)[C@@H](O)[C@H](O)[C@H]3O)CC[C@]3(C)C(=CC[C@@H]4[C@@]5(C)CC[C@H](O[C@@H]6OC[C@H](O)[C@H](O[C@@H]7O[C@H](CO)[C@@H](O)[C@H](O)[C@H]7O)[C@H]6O)C(C)(C)[C@@H]5CC[C@]43C)[C@@H]2[C@]1(C)O. The van der Waals surface area contributed by atoms with Gasteiger partial charge in [-0.15, -0.1) is 0 Å². The average molecular weight is 1090 g/mol. The maximum Gasteiger partial charge on any atom is 0.315 e. The Bertz CT molecular complexity index is 2090. The lowest BCUT2D eigenvalue weighted by atomic mass is 9.33. The Morgan fingerprint density at radius 2 is 1.20 bits per heavy atom. The molecular formula is C53H86O23. The fourth-order valence-electron chi connectivity index (χ4n) is 16.4. The van der Waals surface area contributed by atoms with E-state index >= 15 is 4.79 Å². The summed E-state index contributed by atoms with van der Waals surface area (Å²) in [5.74, 6) is -1.39. The zero-order valence-electron chi connectivity index (χ0n) is 44.6. The summed E-state index contributed by atoms with van der Waals surface area (Å²) in [7, 11) is 0. The lowest BCUT2D eigenvalue weighted by Crippen LogP contribution is -2.68. The van der Waals surface area contributed by atoms with Crippen LogP contribution in [-0.4, -0.2) is 232 Å². The third kappa shape index (κ3) is 9.27. The number of aliphatic hydroxyl groups excluding tert-OH is 13. The number of hydrogen-bond donors (Lipinski definition) is 14. The lowest BCUT2D eigenvalue weighted by Gasteiger charge is -2.72. The van der Waals surface area contributed by atoms with Crippen molar-refractivity contribution >= 4 is 5.97 Å². The van der Waals surface area contributed by atoms with Gasteiger partial charge in [0.25, 0.3) is 0 Å². The van der Waals surface area contributed by atoms with Gasteiger partial charge in [0.2, 0.25) is 6.29 Å². The van der Waals surface area contributed by atoms with Crippen LogP contribution >= 0.6 is 0 Å². The van der Waals surface area contributed by atoms with Crippen LogP contribution in [0.4, 0.5) is 0 Å². The largest absolute Gasteiger partial charge is 0.432 e. The van der Waals surface area contributed by atoms with Crippen LogP contribution in [0.25, 0.3) is 0 Å². The summed E-state index contributed by atoms with van der Waals surface area (Å²) >= 11 is 0. The topological polar surface area (TPSA) is 374 Å². The molecular weight excluding hydrogens is 1000 g/mol. The molecule has 0 radical (unpaired) electrons. The van der Waals surface area contributed by atoms with E-state index in [1.165, 1.54) is 0 Å². The summed E-state index contributed by atoms with van der Waals surface area (Å²) in [4.78, 5) is 15.1. The molecule has 0 aromatic rings. The van der Waals surface area contributed by atoms with Gasteiger partial charge in [0.1, 0.15) is 91.6 Å². The molecule has 8 fully saturated rings. The number of rotatable bonds is 11. The van der Waals surface area contributed by atoms with E-state index in [0.29, 0.717) is 38.5 Å². The van der Waals surface area contributed by atoms with E-state index in [1.54, 1.807) is 6.92 Å². The molecule has 9 aliphatic rings. The van der Waals surface area contributed by atoms with E-state index < -0.39 is 176 Å². The molecule has 9 rings (SSSR count). The van der Waals surface area contributed by atoms with Crippen molar-refractivity contribution in [1.82, 2.24) is 0 Å². The summed E-state index contributed by atoms with van der Waals surface area (Å²) in [6.07, 6.45) is -23.2. The quantitative estimate of drug-likeness (QED) is 0.0581. The maximum absolute atomic E-state index is 15.1. The van der Waals surface area contributed by atoms with Crippen molar-refractivity contribution in [3.63, 3.8) is 0 Å². The predicted octanol–water partition coefficient (Wildman–Crippen LogP) is -2.43. The molecule has 4 aliphatic heterocycles. The number of allylic oxidation sites excluding steroid dienone is 1. The molecule has 0 spiro atoms. The second-order valence-electron chi connectivity index (χ2n) is 25.5. The van der Waals surface area contributed by atoms with Gasteiger partial charge < -0.3 is 109 Å². The molecule has 0 bridgehead atoms. The summed E-state index contributed by atoms with van der Waals surface area (Å²) in [5, 5.41) is 150. The Kier molecular flexibility index (Phi) is 16.5. The molecule has 0 aromatic heterocycles. The van der Waals surface area contributed by atoms with E-state index in [4.69, 9.17) is 37.9 Å². The Labute approximate surface area is 442 Å². The molecule has 76 heavy (non-hydrogen) atoms. The highest BCUT2D eigenvalue weighted by Crippen LogP contribution is 2.76. The van der Waals surface area contributed by atoms with Crippen LogP contribution in [-0.2, 0) is 42.7 Å². The minimum atomic E-state index is -1.90. The molecule has 0 aromatic carbocycles. The highest BCUT2D eigenvalue weighted by molar-refractivity contribution is 5.79. The fourth-order valence-corrected chi connectivity index (χ4v) is 16.4. The predicted molar refractivity (Wildman–Crippen MR) is 258 cm³/mol. The molecule has 5 aliphatic carbocycles. The molecule has 23 nitrogen and oxygen atoms in total. The van der Waals surface area contributed by atoms with Crippen LogP contribution in [0.1, 0.15) is 106 Å². The summed E-state index contributed by atoms with van der Waals surface area (Å²) in [6, 6.07) is 0. The van der Waals surface area contributed by atoms with Gasteiger partial charge in [-0.2, -0.15) is 0 Å². The maximum atomic E-state index is 15.1. The minimum Gasteiger partial charge on any atom is -0.432 e. The van der Waals surface area contributed by atoms with Crippen molar-refractivity contribution < 1.29 is 114 Å². The lowest BCUT2D eigenvalue weighted by molar-refractivity contribution is -0.357. The number of aliphatic hydroxyl groups is 14. The van der Waals surface area contributed by atoms with Crippen LogP contribution in [0, 0.1) is 50.7 Å². The number of carbonyl (C=O) groups excluding carboxylic acids is 1. The van der Waals surface area contributed by atoms with E-state index in [-0.39, 0.29) is 35.2 Å². The monoisotopic (exact) mass is 1090 g/mol. The van der Waals surface area contributed by atoms with Crippen molar-refractivity contribution in [2.75, 3.05) is 26.4 Å². The van der Waals surface area contributed by atoms with Gasteiger partial charge in [-0.3, -0.25) is 4.79 Å². The van der Waals surface area contributed by atoms with Crippen LogP contribution in [0.3, 0.4) is 0 Å². The summed E-state index contributed by atoms with van der Waals surface area (Å²) < 4.78 is 47.0. The molecule has 4 saturated carbocycles. The molecule has 29 atom stereocenters. The van der Waals surface area contributed by atoms with Gasteiger partial charge in [-0.25, -0.2) is 0 Å². The van der Waals surface area contributed by atoms with Crippen LogP contribution in [0.2, 0.25) is 0 Å². The first-order chi connectivity index (χ1) is 35.5. The zero-order valence-corrected chi connectivity index (χ0v) is 44.6. The first kappa shape index (κ1) is 59.0. The number of esters is 1. The summed E-state index contributed by atoms with van der Waals surface area (Å²) in [6.45, 7) is 12.8. The van der Waals surface area contributed by atoms with Crippen molar-refractivity contribution in [2.24, 2.45) is 50.7 Å². The van der Waals surface area contributed by atoms with Gasteiger partial charge in [0, 0.05) is 5.92 Å². The molecule has 436 valence electrons. The van der Waals surface area contributed by atoms with E-state index in [2.05, 4.69) is 40.7 Å². The zero-order chi connectivity index (χ0) is 55.6. The Morgan fingerprint density at radius 1 is 0.618 bits per heavy atom. The Hall–Kier alpha value is -1.63. The van der Waals surface area contributed by atoms with Gasteiger partial charge in [-0.05, 0) is 104 Å². The number of hydrogen-bond acceptors (Lipinski definition) is 23. The first-order valence-corrected chi connectivity index (χ1v) is 27.4. The van der Waals surface area contributed by atoms with Crippen molar-refractivity contribution in [1.29, 1.82) is 0 Å². The van der Waals surface area contributed by atoms with Gasteiger partial charge in [0.05, 0.1) is 43.5 Å². The number of fused-ring (bicyclic) bond motifs is 7. The Morgan fingerprint density at radius 3 is 1.83 bits per heavy atom. The molecule has 23 heteroatoms. The fraction of sp³-hybridized carbons (Fsp3) is 0.943. The average Bonchev–Trinajstić information content (AvgIpc) is 3.37. The highest BCUT2D eigenvalue weighted by Gasteiger charge is 2.72. The second kappa shape index (κ2) is 21.3. The molecule has 14 N–H and O–H groups in total. The standard InChI is InChI=1S/C53H86O23/c1-22-10-15-53(47(67)76-46-39(65)36(62)33(59)27(73-46)21-70-43-37(63)34(60)31(57)25(18-54)71-43)17-16-50(5)23(42(53)52(22,7)68)8-9-29-49(4)13-12-30(48(2,3)28(49)11-14-51(29,50)6)74-44-40(66)41(24(56)20-69-44)75-45-38(64)35(61)32(58)26(19-55)72-45/h8,22,24-46,54-66,68H,9-21H2,1-7H3/t22-,24+,25-,26-,27-,28+,29-,30+,31-,32-,33-,34+,35+,36+,37-,38-,39-,40-,41+,42-,43-,44+,45+,46+,49+,50-,51-,52-,53+/m1/s1. The van der Waals surface area contributed by atoms with E-state index in [0.717, 1.165) is 24.8 Å². The van der Waals surface area contributed by atoms with Crippen molar-refractivity contribution in [2.45, 2.75) is 235 Å². The van der Waals surface area contributed by atoms with Gasteiger partial charge >= 0.3 is 5.97 Å². The number of carbonyl (C=O) groups is 1. The van der Waals surface area contributed by atoms with E-state index in [1.807, 2.05) is 6.92 Å². The van der Waals surface area contributed by atoms with Crippen LogP contribution in [0.15, 0.2) is 11.6 Å². The molecule has 4 heterocycles. The molecule has 0 amide bonds. The highest BCUT2D eigenvalue weighted by atomic mass is 16.8. The first-order valence-electron chi connectivity index (χ1n) is 27.4. The van der Waals surface area contributed by atoms with Gasteiger partial charge in [-0.1, -0.05) is 53.2 Å². The molecule has 0 unspecified atom stereocenters. The smallest absolute Gasteiger partial charge is 0.315 e. The third-order valence-corrected chi connectivity index (χ3v) is 21.4. The third-order valence-electron chi connectivity index (χ3n) is 21.4. The number of ether oxygens (including phenoxy) is 8. The second-order valence-corrected chi connectivity index (χ2v) is 25.5. The van der Waals surface area contributed by atoms with Crippen LogP contribution in [0.5, 0.6) is 0 Å². The van der Waals surface area contributed by atoms with Crippen molar-refractivity contribution in [3.05, 3.63) is 11.6 Å². The normalized spacial score (nSPS) is 55.2. The molecule has 4 saturated heterocycles. The summed E-state index contributed by atoms with van der Waals surface area (Å²) in [5.41, 5.74) is -3.20. The Balaban J connectivity index is 0.918.